The first-order valence-corrected chi connectivity index (χ1v) is 7.55. The monoisotopic (exact) mass is 376 g/mol. The maximum atomic E-state index is 6.17. The molecule has 1 heterocycles. The van der Waals surface area contributed by atoms with Crippen molar-refractivity contribution in [2.45, 2.75) is 0 Å². The van der Waals surface area contributed by atoms with Crippen LogP contribution < -0.4 is 10.1 Å². The number of methoxy groups -OCH3 is 1. The van der Waals surface area contributed by atoms with Crippen LogP contribution in [0.2, 0.25) is 20.1 Å². The molecule has 1 N–H and O–H groups in total. The van der Waals surface area contributed by atoms with Gasteiger partial charge in [0.1, 0.15) is 17.0 Å². The molecule has 3 rings (SSSR count). The van der Waals surface area contributed by atoms with Crippen molar-refractivity contribution in [3.05, 3.63) is 44.4 Å². The second-order valence-corrected chi connectivity index (χ2v) is 6.03. The summed E-state index contributed by atoms with van der Waals surface area (Å²) in [6.07, 6.45) is 0. The molecule has 2 aromatic carbocycles. The molecule has 0 aliphatic carbocycles. The average Bonchev–Trinajstić information content (AvgIpc) is 2.84. The average molecular weight is 378 g/mol. The van der Waals surface area contributed by atoms with E-state index in [1.807, 2.05) is 0 Å². The topological polar surface area (TPSA) is 47.3 Å². The second kappa shape index (κ2) is 6.05. The molecule has 0 saturated heterocycles. The fourth-order valence-electron chi connectivity index (χ4n) is 1.95. The Morgan fingerprint density at radius 2 is 1.68 bits per heavy atom. The summed E-state index contributed by atoms with van der Waals surface area (Å²) in [4.78, 5) is 4.27. The SMILES string of the molecule is COc1cc(Cl)cc(Cl)c1Nc1nc2c(Cl)cc(Cl)cc2o1. The van der Waals surface area contributed by atoms with E-state index in [-0.39, 0.29) is 6.01 Å². The van der Waals surface area contributed by atoms with E-state index in [0.717, 1.165) is 0 Å². The minimum atomic E-state index is 0.210. The molecule has 8 heteroatoms. The summed E-state index contributed by atoms with van der Waals surface area (Å²) in [6.45, 7) is 0. The van der Waals surface area contributed by atoms with Crippen molar-refractivity contribution in [3.63, 3.8) is 0 Å². The van der Waals surface area contributed by atoms with Crippen molar-refractivity contribution in [2.75, 3.05) is 12.4 Å². The van der Waals surface area contributed by atoms with Gasteiger partial charge in [-0.1, -0.05) is 46.4 Å². The zero-order chi connectivity index (χ0) is 15.9. The Bertz CT molecular complexity index is 864. The molecule has 0 unspecified atom stereocenters. The summed E-state index contributed by atoms with van der Waals surface area (Å²) in [5, 5.41) is 4.65. The number of anilines is 2. The highest BCUT2D eigenvalue weighted by molar-refractivity contribution is 6.38. The van der Waals surface area contributed by atoms with Crippen molar-refractivity contribution in [2.24, 2.45) is 0 Å². The molecule has 0 saturated carbocycles. The Labute approximate surface area is 145 Å². The molecule has 0 bridgehead atoms. The summed E-state index contributed by atoms with van der Waals surface area (Å²) in [5.41, 5.74) is 1.45. The molecular formula is C14H8Cl4N2O2. The Morgan fingerprint density at radius 1 is 1.00 bits per heavy atom. The number of nitrogens with zero attached hydrogens (tertiary/aromatic N) is 1. The van der Waals surface area contributed by atoms with Crippen LogP contribution in [0.5, 0.6) is 5.75 Å². The lowest BCUT2D eigenvalue weighted by Crippen LogP contribution is -1.96. The molecule has 0 aliphatic heterocycles. The Balaban J connectivity index is 2.05. The third kappa shape index (κ3) is 2.92. The highest BCUT2D eigenvalue weighted by Crippen LogP contribution is 2.38. The number of fused-ring (bicyclic) bond motifs is 1. The number of aromatic nitrogens is 1. The van der Waals surface area contributed by atoms with Crippen LogP contribution in [0.3, 0.4) is 0 Å². The molecule has 0 radical (unpaired) electrons. The van der Waals surface area contributed by atoms with Crippen molar-refractivity contribution in [1.82, 2.24) is 4.98 Å². The summed E-state index contributed by atoms with van der Waals surface area (Å²) in [7, 11) is 1.51. The van der Waals surface area contributed by atoms with Gasteiger partial charge in [0.2, 0.25) is 0 Å². The molecule has 0 aliphatic rings. The van der Waals surface area contributed by atoms with Crippen LogP contribution >= 0.6 is 46.4 Å². The largest absolute Gasteiger partial charge is 0.494 e. The predicted molar refractivity (Wildman–Crippen MR) is 90.3 cm³/mol. The molecule has 3 aromatic rings. The van der Waals surface area contributed by atoms with Crippen LogP contribution in [0.15, 0.2) is 28.7 Å². The van der Waals surface area contributed by atoms with Crippen LogP contribution in [0.4, 0.5) is 11.7 Å². The van der Waals surface area contributed by atoms with Crippen molar-refractivity contribution in [1.29, 1.82) is 0 Å². The van der Waals surface area contributed by atoms with Crippen LogP contribution in [-0.4, -0.2) is 12.1 Å². The van der Waals surface area contributed by atoms with Gasteiger partial charge in [-0.05, 0) is 12.1 Å². The Morgan fingerprint density at radius 3 is 2.41 bits per heavy atom. The van der Waals surface area contributed by atoms with Gasteiger partial charge in [-0.3, -0.25) is 0 Å². The predicted octanol–water partition coefficient (Wildman–Crippen LogP) is 6.19. The van der Waals surface area contributed by atoms with Gasteiger partial charge < -0.3 is 14.5 Å². The van der Waals surface area contributed by atoms with Crippen molar-refractivity contribution >= 4 is 69.2 Å². The summed E-state index contributed by atoms with van der Waals surface area (Å²) in [5.74, 6) is 0.462. The number of rotatable bonds is 3. The quantitative estimate of drug-likeness (QED) is 0.590. The first-order chi connectivity index (χ1) is 10.5. The third-order valence-corrected chi connectivity index (χ3v) is 3.91. The van der Waals surface area contributed by atoms with Crippen LogP contribution in [0.1, 0.15) is 0 Å². The van der Waals surface area contributed by atoms with Gasteiger partial charge in [-0.2, -0.15) is 4.98 Å². The fraction of sp³-hybridized carbons (Fsp3) is 0.0714. The molecular weight excluding hydrogens is 370 g/mol. The molecule has 4 nitrogen and oxygen atoms in total. The summed E-state index contributed by atoms with van der Waals surface area (Å²) < 4.78 is 10.8. The minimum absolute atomic E-state index is 0.210. The van der Waals surface area contributed by atoms with Gasteiger partial charge in [0.15, 0.2) is 5.58 Å². The van der Waals surface area contributed by atoms with Crippen LogP contribution in [-0.2, 0) is 0 Å². The maximum Gasteiger partial charge on any atom is 0.300 e. The lowest BCUT2D eigenvalue weighted by molar-refractivity contribution is 0.416. The second-order valence-electron chi connectivity index (χ2n) is 4.34. The lowest BCUT2D eigenvalue weighted by Gasteiger charge is -2.10. The van der Waals surface area contributed by atoms with Gasteiger partial charge in [0.05, 0.1) is 17.2 Å². The fourth-order valence-corrected chi connectivity index (χ4v) is 2.99. The standard InChI is InChI=1S/C14H8Cl4N2O2/c1-21-10-4-6(15)2-8(17)12(10)19-14-20-13-9(18)3-7(16)5-11(13)22-14/h2-5H,1H3,(H,19,20). The first kappa shape index (κ1) is 15.6. The van der Waals surface area contributed by atoms with E-state index >= 15 is 0 Å². The molecule has 1 aromatic heterocycles. The first-order valence-electron chi connectivity index (χ1n) is 6.03. The minimum Gasteiger partial charge on any atom is -0.494 e. The molecule has 0 atom stereocenters. The van der Waals surface area contributed by atoms with Crippen LogP contribution in [0, 0.1) is 0 Å². The zero-order valence-electron chi connectivity index (χ0n) is 11.1. The Kier molecular flexibility index (Phi) is 4.28. The maximum absolute atomic E-state index is 6.17. The number of ether oxygens (including phenoxy) is 1. The molecule has 0 fully saturated rings. The highest BCUT2D eigenvalue weighted by atomic mass is 35.5. The van der Waals surface area contributed by atoms with E-state index in [1.165, 1.54) is 7.11 Å². The third-order valence-electron chi connectivity index (χ3n) is 2.88. The summed E-state index contributed by atoms with van der Waals surface area (Å²) in [6, 6.07) is 6.64. The highest BCUT2D eigenvalue weighted by Gasteiger charge is 2.15. The van der Waals surface area contributed by atoms with Gasteiger partial charge in [-0.25, -0.2) is 0 Å². The van der Waals surface area contributed by atoms with E-state index in [9.17, 15) is 0 Å². The smallest absolute Gasteiger partial charge is 0.300 e. The van der Waals surface area contributed by atoms with Gasteiger partial charge in [0, 0.05) is 22.2 Å². The van der Waals surface area contributed by atoms with E-state index in [0.29, 0.717) is 42.6 Å². The molecule has 0 spiro atoms. The van der Waals surface area contributed by atoms with Gasteiger partial charge >= 0.3 is 0 Å². The number of hydrogen-bond acceptors (Lipinski definition) is 4. The number of benzene rings is 2. The molecule has 22 heavy (non-hydrogen) atoms. The molecule has 0 amide bonds. The normalized spacial score (nSPS) is 11.0. The number of hydrogen-bond donors (Lipinski definition) is 1. The lowest BCUT2D eigenvalue weighted by atomic mass is 10.3. The number of oxazole rings is 1. The van der Waals surface area contributed by atoms with Crippen molar-refractivity contribution < 1.29 is 9.15 Å². The number of halogens is 4. The van der Waals surface area contributed by atoms with E-state index < -0.39 is 0 Å². The summed E-state index contributed by atoms with van der Waals surface area (Å²) >= 11 is 24.1. The van der Waals surface area contributed by atoms with E-state index in [2.05, 4.69) is 10.3 Å². The Hall–Kier alpha value is -1.33. The van der Waals surface area contributed by atoms with E-state index in [4.69, 9.17) is 55.6 Å². The van der Waals surface area contributed by atoms with E-state index in [1.54, 1.807) is 24.3 Å². The number of nitrogens with one attached hydrogen (secondary N) is 1. The van der Waals surface area contributed by atoms with Gasteiger partial charge in [-0.15, -0.1) is 0 Å². The van der Waals surface area contributed by atoms with Crippen LogP contribution in [0.25, 0.3) is 11.1 Å². The zero-order valence-corrected chi connectivity index (χ0v) is 14.1. The van der Waals surface area contributed by atoms with Crippen molar-refractivity contribution in [3.8, 4) is 5.75 Å². The van der Waals surface area contributed by atoms with Gasteiger partial charge in [0.25, 0.3) is 6.01 Å². The molecule has 114 valence electrons.